The molecule has 2 aromatic carbocycles. The van der Waals surface area contributed by atoms with Crippen LogP contribution in [0.5, 0.6) is 17.2 Å². The second kappa shape index (κ2) is 4.68. The van der Waals surface area contributed by atoms with Crippen LogP contribution in [0.2, 0.25) is 0 Å². The highest BCUT2D eigenvalue weighted by Crippen LogP contribution is 2.25. The number of hydrogen-bond donors (Lipinski definition) is 2. The molecule has 3 heteroatoms. The first-order valence-corrected chi connectivity index (χ1v) is 4.94. The van der Waals surface area contributed by atoms with E-state index < -0.39 is 0 Å². The van der Waals surface area contributed by atoms with Crippen molar-refractivity contribution < 1.29 is 14.9 Å². The summed E-state index contributed by atoms with van der Waals surface area (Å²) in [5.74, 6) is 1.36. The third kappa shape index (κ3) is 2.52. The molecule has 0 bridgehead atoms. The van der Waals surface area contributed by atoms with Crippen molar-refractivity contribution in [1.82, 2.24) is 0 Å². The Morgan fingerprint density at radius 2 is 1.62 bits per heavy atom. The first-order valence-electron chi connectivity index (χ1n) is 4.94. The molecular weight excluding hydrogens is 204 g/mol. The van der Waals surface area contributed by atoms with Crippen LogP contribution in [-0.2, 0) is 6.61 Å². The number of hydrogen-bond acceptors (Lipinski definition) is 3. The SMILES string of the molecule is OCc1cccc(Oc2cccc(O)c2)c1. The molecule has 16 heavy (non-hydrogen) atoms. The van der Waals surface area contributed by atoms with Gasteiger partial charge in [-0.3, -0.25) is 0 Å². The van der Waals surface area contributed by atoms with E-state index in [0.717, 1.165) is 5.56 Å². The Morgan fingerprint density at radius 1 is 0.938 bits per heavy atom. The topological polar surface area (TPSA) is 49.7 Å². The lowest BCUT2D eigenvalue weighted by Crippen LogP contribution is -1.87. The zero-order chi connectivity index (χ0) is 11.4. The van der Waals surface area contributed by atoms with Crippen LogP contribution < -0.4 is 4.74 Å². The second-order valence-corrected chi connectivity index (χ2v) is 3.40. The van der Waals surface area contributed by atoms with Gasteiger partial charge in [0.05, 0.1) is 6.61 Å². The average Bonchev–Trinajstić information content (AvgIpc) is 2.29. The molecule has 0 aliphatic rings. The first-order chi connectivity index (χ1) is 7.78. The zero-order valence-corrected chi connectivity index (χ0v) is 8.63. The molecular formula is C13H12O3. The van der Waals surface area contributed by atoms with Crippen molar-refractivity contribution in [2.75, 3.05) is 0 Å². The van der Waals surface area contributed by atoms with Gasteiger partial charge in [-0.15, -0.1) is 0 Å². The van der Waals surface area contributed by atoms with E-state index >= 15 is 0 Å². The molecule has 0 aromatic heterocycles. The van der Waals surface area contributed by atoms with Crippen molar-refractivity contribution in [3.8, 4) is 17.2 Å². The molecule has 0 spiro atoms. The Kier molecular flexibility index (Phi) is 3.08. The number of rotatable bonds is 3. The minimum atomic E-state index is -0.0166. The molecule has 0 saturated heterocycles. The summed E-state index contributed by atoms with van der Waals surface area (Å²) >= 11 is 0. The molecule has 0 radical (unpaired) electrons. The van der Waals surface area contributed by atoms with Crippen molar-refractivity contribution in [2.24, 2.45) is 0 Å². The summed E-state index contributed by atoms with van der Waals surface area (Å²) in [7, 11) is 0. The Hall–Kier alpha value is -2.00. The van der Waals surface area contributed by atoms with Gasteiger partial charge < -0.3 is 14.9 Å². The molecule has 3 nitrogen and oxygen atoms in total. The summed E-state index contributed by atoms with van der Waals surface area (Å²) in [5, 5.41) is 18.2. The normalized spacial score (nSPS) is 10.1. The van der Waals surface area contributed by atoms with Crippen LogP contribution in [0.25, 0.3) is 0 Å². The molecule has 2 N–H and O–H groups in total. The maximum atomic E-state index is 9.27. The standard InChI is InChI=1S/C13H12O3/c14-9-10-3-1-5-12(7-10)16-13-6-2-4-11(15)8-13/h1-8,14-15H,9H2. The van der Waals surface area contributed by atoms with Crippen molar-refractivity contribution in [1.29, 1.82) is 0 Å². The van der Waals surface area contributed by atoms with Crippen LogP contribution >= 0.6 is 0 Å². The minimum absolute atomic E-state index is 0.0166. The molecule has 0 aliphatic heterocycles. The fourth-order valence-corrected chi connectivity index (χ4v) is 1.39. The smallest absolute Gasteiger partial charge is 0.131 e. The average molecular weight is 216 g/mol. The third-order valence-corrected chi connectivity index (χ3v) is 2.13. The first kappa shape index (κ1) is 10.5. The minimum Gasteiger partial charge on any atom is -0.508 e. The Balaban J connectivity index is 2.20. The number of ether oxygens (including phenoxy) is 1. The van der Waals surface area contributed by atoms with Crippen molar-refractivity contribution in [3.05, 3.63) is 54.1 Å². The van der Waals surface area contributed by atoms with Gasteiger partial charge >= 0.3 is 0 Å². The lowest BCUT2D eigenvalue weighted by atomic mass is 10.2. The van der Waals surface area contributed by atoms with Gasteiger partial charge in [-0.25, -0.2) is 0 Å². The van der Waals surface area contributed by atoms with Crippen molar-refractivity contribution >= 4 is 0 Å². The second-order valence-electron chi connectivity index (χ2n) is 3.40. The molecule has 0 saturated carbocycles. The predicted octanol–water partition coefficient (Wildman–Crippen LogP) is 2.68. The monoisotopic (exact) mass is 216 g/mol. The maximum Gasteiger partial charge on any atom is 0.131 e. The van der Waals surface area contributed by atoms with Gasteiger partial charge in [0.2, 0.25) is 0 Å². The lowest BCUT2D eigenvalue weighted by Gasteiger charge is -2.06. The van der Waals surface area contributed by atoms with Crippen LogP contribution in [0.1, 0.15) is 5.56 Å². The molecule has 0 fully saturated rings. The van der Waals surface area contributed by atoms with Gasteiger partial charge in [0.1, 0.15) is 17.2 Å². The van der Waals surface area contributed by atoms with Crippen LogP contribution in [0.4, 0.5) is 0 Å². The summed E-state index contributed by atoms with van der Waals surface area (Å²) < 4.78 is 5.53. The van der Waals surface area contributed by atoms with Gasteiger partial charge in [-0.05, 0) is 29.8 Å². The fraction of sp³-hybridized carbons (Fsp3) is 0.0769. The van der Waals surface area contributed by atoms with E-state index in [0.29, 0.717) is 11.5 Å². The van der Waals surface area contributed by atoms with Crippen molar-refractivity contribution in [2.45, 2.75) is 6.61 Å². The molecule has 2 aromatic rings. The summed E-state index contributed by atoms with van der Waals surface area (Å²) in [5.41, 5.74) is 0.789. The highest BCUT2D eigenvalue weighted by Gasteiger charge is 1.99. The van der Waals surface area contributed by atoms with E-state index in [2.05, 4.69) is 0 Å². The fourth-order valence-electron chi connectivity index (χ4n) is 1.39. The maximum absolute atomic E-state index is 9.27. The predicted molar refractivity (Wildman–Crippen MR) is 60.5 cm³/mol. The molecule has 82 valence electrons. The molecule has 0 aliphatic carbocycles. The van der Waals surface area contributed by atoms with E-state index in [1.807, 2.05) is 12.1 Å². The van der Waals surface area contributed by atoms with E-state index in [-0.39, 0.29) is 12.4 Å². The molecule has 0 atom stereocenters. The number of aromatic hydroxyl groups is 1. The van der Waals surface area contributed by atoms with Gasteiger partial charge in [0.15, 0.2) is 0 Å². The number of benzene rings is 2. The zero-order valence-electron chi connectivity index (χ0n) is 8.63. The third-order valence-electron chi connectivity index (χ3n) is 2.13. The van der Waals surface area contributed by atoms with E-state index in [1.54, 1.807) is 30.3 Å². The van der Waals surface area contributed by atoms with Gasteiger partial charge in [-0.1, -0.05) is 18.2 Å². The number of aliphatic hydroxyl groups excluding tert-OH is 1. The van der Waals surface area contributed by atoms with E-state index in [9.17, 15) is 5.11 Å². The van der Waals surface area contributed by atoms with Gasteiger partial charge in [0, 0.05) is 6.07 Å². The number of phenols is 1. The highest BCUT2D eigenvalue weighted by atomic mass is 16.5. The number of phenolic OH excluding ortho intramolecular Hbond substituents is 1. The van der Waals surface area contributed by atoms with Crippen LogP contribution in [-0.4, -0.2) is 10.2 Å². The summed E-state index contributed by atoms with van der Waals surface area (Å²) in [6.45, 7) is -0.0166. The van der Waals surface area contributed by atoms with Crippen LogP contribution in [0.15, 0.2) is 48.5 Å². The van der Waals surface area contributed by atoms with E-state index in [4.69, 9.17) is 9.84 Å². The van der Waals surface area contributed by atoms with Crippen LogP contribution in [0.3, 0.4) is 0 Å². The molecule has 2 rings (SSSR count). The Bertz CT molecular complexity index is 480. The van der Waals surface area contributed by atoms with Gasteiger partial charge in [-0.2, -0.15) is 0 Å². The lowest BCUT2D eigenvalue weighted by molar-refractivity contribution is 0.281. The van der Waals surface area contributed by atoms with E-state index in [1.165, 1.54) is 6.07 Å². The molecule has 0 unspecified atom stereocenters. The number of aliphatic hydroxyl groups is 1. The molecule has 0 amide bonds. The summed E-state index contributed by atoms with van der Waals surface area (Å²) in [4.78, 5) is 0. The van der Waals surface area contributed by atoms with Crippen LogP contribution in [0, 0.1) is 0 Å². The summed E-state index contributed by atoms with van der Waals surface area (Å²) in [6.07, 6.45) is 0. The Labute approximate surface area is 93.6 Å². The van der Waals surface area contributed by atoms with Gasteiger partial charge in [0.25, 0.3) is 0 Å². The summed E-state index contributed by atoms with van der Waals surface area (Å²) in [6, 6.07) is 13.8. The molecule has 0 heterocycles. The van der Waals surface area contributed by atoms with Crippen molar-refractivity contribution in [3.63, 3.8) is 0 Å². The Morgan fingerprint density at radius 3 is 2.31 bits per heavy atom. The largest absolute Gasteiger partial charge is 0.508 e. The highest BCUT2D eigenvalue weighted by molar-refractivity contribution is 5.37. The quantitative estimate of drug-likeness (QED) is 0.829.